The van der Waals surface area contributed by atoms with Crippen LogP contribution in [0.4, 0.5) is 0 Å². The van der Waals surface area contributed by atoms with Gasteiger partial charge in [-0.2, -0.15) is 0 Å². The molecule has 0 aliphatic carbocycles. The van der Waals surface area contributed by atoms with Crippen molar-refractivity contribution in [2.45, 2.75) is 52.4 Å². The Morgan fingerprint density at radius 2 is 0.854 bits per heavy atom. The summed E-state index contributed by atoms with van der Waals surface area (Å²) in [6.45, 7) is 12.1. The van der Waals surface area contributed by atoms with Crippen molar-refractivity contribution >= 4 is 55.4 Å². The first-order chi connectivity index (χ1) is 23.1. The van der Waals surface area contributed by atoms with E-state index in [1.165, 1.54) is 48.5 Å². The van der Waals surface area contributed by atoms with E-state index < -0.39 is 13.6 Å². The van der Waals surface area contributed by atoms with Crippen molar-refractivity contribution in [3.8, 4) is 0 Å². The van der Waals surface area contributed by atoms with Crippen LogP contribution >= 0.6 is 20.8 Å². The molecule has 0 radical (unpaired) electrons. The third kappa shape index (κ3) is 6.07. The van der Waals surface area contributed by atoms with Gasteiger partial charge in [0.25, 0.3) is 0 Å². The maximum absolute atomic E-state index is 7.39. The number of aryl methyl sites for hydroxylation is 2. The zero-order valence-corrected chi connectivity index (χ0v) is 32.2. The molecule has 0 aliphatic rings. The van der Waals surface area contributed by atoms with Crippen molar-refractivity contribution in [2.75, 3.05) is 0 Å². The Balaban J connectivity index is 1.46. The Morgan fingerprint density at radius 3 is 1.23 bits per heavy atom. The van der Waals surface area contributed by atoms with Crippen LogP contribution in [0.25, 0.3) is 0 Å². The number of benzene rings is 6. The zero-order chi connectivity index (χ0) is 33.9. The van der Waals surface area contributed by atoms with Crippen LogP contribution in [0.3, 0.4) is 0 Å². The van der Waals surface area contributed by atoms with E-state index in [-0.39, 0.29) is 5.04 Å². The maximum atomic E-state index is 7.39. The van der Waals surface area contributed by atoms with Crippen molar-refractivity contribution in [2.24, 2.45) is 0 Å². The molecule has 0 unspecified atom stereocenters. The molecule has 0 saturated heterocycles. The van der Waals surface area contributed by atoms with Crippen molar-refractivity contribution in [1.82, 2.24) is 0 Å². The molecule has 0 N–H and O–H groups in total. The summed E-state index contributed by atoms with van der Waals surface area (Å²) in [7, 11) is -2.67. The predicted molar refractivity (Wildman–Crippen MR) is 216 cm³/mol. The number of rotatable bonds is 10. The molecular weight excluding hydrogens is 683 g/mol. The molecule has 0 amide bonds. The van der Waals surface area contributed by atoms with Gasteiger partial charge in [-0.1, -0.05) is 0 Å². The molecule has 6 aromatic rings. The fraction of sp³-hybridized carbons (Fsp3) is 0.182. The van der Waals surface area contributed by atoms with Gasteiger partial charge in [0.15, 0.2) is 0 Å². The molecule has 1 nitrogen and oxygen atoms in total. The van der Waals surface area contributed by atoms with Crippen molar-refractivity contribution < 1.29 is 4.43 Å². The second-order valence-electron chi connectivity index (χ2n) is 14.0. The SMILES string of the molecule is Cc1cc(CP(Br)(c2ccccc2)(c2ccccc2)c2ccccc2)c(C)cc1CO[Si](c1ccccc1)(c1ccccc1)C(C)(C)C. The van der Waals surface area contributed by atoms with Gasteiger partial charge in [0.05, 0.1) is 0 Å². The fourth-order valence-corrected chi connectivity index (χ4v) is 19.7. The molecule has 4 heteroatoms. The van der Waals surface area contributed by atoms with E-state index in [4.69, 9.17) is 4.43 Å². The molecule has 0 aliphatic heterocycles. The van der Waals surface area contributed by atoms with E-state index in [0.29, 0.717) is 6.61 Å². The van der Waals surface area contributed by atoms with Gasteiger partial charge in [-0.15, -0.1) is 0 Å². The molecule has 48 heavy (non-hydrogen) atoms. The molecule has 0 bridgehead atoms. The second kappa shape index (κ2) is 13.7. The molecule has 0 heterocycles. The zero-order valence-electron chi connectivity index (χ0n) is 28.7. The molecule has 0 aromatic heterocycles. The standard InChI is InChI=1S/C44H46BrOPSi/c1-35-32-38(34-47(45,39-21-11-6-12-22-39,40-23-13-7-14-24-40)41-25-15-8-16-26-41)36(2)31-37(35)33-46-48(44(3,4)5,42-27-17-9-18-28-42)43-29-19-10-20-30-43/h6-32H,33-34H2,1-5H3. The number of halogens is 1. The Hall–Kier alpha value is -3.59. The summed E-state index contributed by atoms with van der Waals surface area (Å²) in [4.78, 5) is 0. The van der Waals surface area contributed by atoms with Crippen LogP contribution in [0.1, 0.15) is 43.0 Å². The Morgan fingerprint density at radius 1 is 0.521 bits per heavy atom. The Kier molecular flexibility index (Phi) is 9.80. The van der Waals surface area contributed by atoms with Gasteiger partial charge in [-0.3, -0.25) is 0 Å². The van der Waals surface area contributed by atoms with Crippen LogP contribution in [0, 0.1) is 13.8 Å². The van der Waals surface area contributed by atoms with Gasteiger partial charge in [-0.25, -0.2) is 0 Å². The second-order valence-corrected chi connectivity index (χ2v) is 27.2. The van der Waals surface area contributed by atoms with E-state index in [1.54, 1.807) is 0 Å². The third-order valence-corrected chi connectivity index (χ3v) is 24.5. The summed E-state index contributed by atoms with van der Waals surface area (Å²) < 4.78 is 7.39. The van der Waals surface area contributed by atoms with E-state index in [0.717, 1.165) is 6.16 Å². The van der Waals surface area contributed by atoms with Crippen molar-refractivity contribution in [3.63, 3.8) is 0 Å². The monoisotopic (exact) mass is 728 g/mol. The average molecular weight is 730 g/mol. The first kappa shape index (κ1) is 34.3. The molecule has 0 spiro atoms. The summed E-state index contributed by atoms with van der Waals surface area (Å²) in [5.41, 5.74) is 5.16. The summed E-state index contributed by atoms with van der Waals surface area (Å²) in [5, 5.41) is 3.39. The minimum absolute atomic E-state index is 0.0765. The molecule has 0 fully saturated rings. The Bertz CT molecular complexity index is 1820. The van der Waals surface area contributed by atoms with E-state index >= 15 is 0 Å². The first-order valence-electron chi connectivity index (χ1n) is 16.8. The van der Waals surface area contributed by atoms with E-state index in [2.05, 4.69) is 214 Å². The summed E-state index contributed by atoms with van der Waals surface area (Å²) in [6, 6.07) is 59.9. The molecule has 244 valence electrons. The van der Waals surface area contributed by atoms with Gasteiger partial charge in [0.2, 0.25) is 0 Å². The minimum atomic E-state index is -3.14. The van der Waals surface area contributed by atoms with E-state index in [9.17, 15) is 0 Å². The normalized spacial score (nSPS) is 13.1. The summed E-state index contributed by atoms with van der Waals surface area (Å²) in [6.07, 6.45) is 0.867. The summed E-state index contributed by atoms with van der Waals surface area (Å²) in [5.74, 6) is 0. The predicted octanol–water partition coefficient (Wildman–Crippen LogP) is 9.72. The van der Waals surface area contributed by atoms with Crippen LogP contribution in [0.2, 0.25) is 5.04 Å². The quantitative estimate of drug-likeness (QED) is 0.101. The van der Waals surface area contributed by atoms with Gasteiger partial charge < -0.3 is 0 Å². The van der Waals surface area contributed by atoms with Crippen molar-refractivity contribution in [3.05, 3.63) is 186 Å². The van der Waals surface area contributed by atoms with Crippen LogP contribution in [0.5, 0.6) is 0 Å². The van der Waals surface area contributed by atoms with Crippen molar-refractivity contribution in [1.29, 1.82) is 0 Å². The molecule has 0 atom stereocenters. The van der Waals surface area contributed by atoms with Gasteiger partial charge >= 0.3 is 298 Å². The van der Waals surface area contributed by atoms with Crippen LogP contribution in [-0.2, 0) is 17.2 Å². The fourth-order valence-electron chi connectivity index (χ4n) is 7.47. The van der Waals surface area contributed by atoms with Gasteiger partial charge in [0.1, 0.15) is 0 Å². The molecule has 6 rings (SSSR count). The molecule has 6 aromatic carbocycles. The van der Waals surface area contributed by atoms with Gasteiger partial charge in [-0.05, 0) is 0 Å². The first-order valence-corrected chi connectivity index (χ1v) is 23.2. The van der Waals surface area contributed by atoms with Crippen LogP contribution in [-0.4, -0.2) is 8.32 Å². The average Bonchev–Trinajstić information content (AvgIpc) is 3.12. The van der Waals surface area contributed by atoms with Crippen LogP contribution in [0.15, 0.2) is 164 Å². The third-order valence-electron chi connectivity index (χ3n) is 10.0. The van der Waals surface area contributed by atoms with Crippen LogP contribution < -0.4 is 26.3 Å². The van der Waals surface area contributed by atoms with E-state index in [1.807, 2.05) is 0 Å². The summed E-state index contributed by atoms with van der Waals surface area (Å²) >= 11 is 4.67. The number of hydrogen-bond acceptors (Lipinski definition) is 1. The topological polar surface area (TPSA) is 9.23 Å². The Labute approximate surface area is 296 Å². The van der Waals surface area contributed by atoms with Gasteiger partial charge in [0, 0.05) is 0 Å². The molecular formula is C44H46BrOPSi. The molecule has 0 saturated carbocycles. The number of hydrogen-bond donors (Lipinski definition) is 0.